The number of hydrogen-bond donors (Lipinski definition) is 3. The van der Waals surface area contributed by atoms with Gasteiger partial charge in [-0.05, 0) is 43.8 Å². The van der Waals surface area contributed by atoms with Gasteiger partial charge in [0.1, 0.15) is 11.4 Å². The van der Waals surface area contributed by atoms with Crippen molar-refractivity contribution in [3.05, 3.63) is 54.6 Å². The molecule has 1 aliphatic heterocycles. The van der Waals surface area contributed by atoms with E-state index in [2.05, 4.69) is 4.90 Å². The van der Waals surface area contributed by atoms with Crippen LogP contribution in [0.15, 0.2) is 54.6 Å². The molecule has 0 amide bonds. The van der Waals surface area contributed by atoms with Crippen molar-refractivity contribution in [3.63, 3.8) is 0 Å². The van der Waals surface area contributed by atoms with E-state index in [1.807, 2.05) is 61.5 Å². The van der Waals surface area contributed by atoms with Crippen molar-refractivity contribution < 1.29 is 18.9 Å². The van der Waals surface area contributed by atoms with Crippen molar-refractivity contribution in [2.24, 2.45) is 0 Å². The number of fused-ring (bicyclic) bond motifs is 1. The van der Waals surface area contributed by atoms with Gasteiger partial charge in [-0.3, -0.25) is 9.11 Å². The van der Waals surface area contributed by atoms with E-state index in [9.17, 15) is 9.11 Å². The average Bonchev–Trinajstić information content (AvgIpc) is 2.68. The molecule has 1 heterocycles. The SMILES string of the molecule is CCN(CCO)CCCC1Oc2ccccc2N(c2ccccc2)S1(O)O.Cl. The molecule has 0 fully saturated rings. The van der Waals surface area contributed by atoms with Crippen molar-refractivity contribution in [1.29, 1.82) is 0 Å². The standard InChI is InChI=1S/C20H28N2O4S.ClH/c1-2-21(15-16-23)14-8-13-20-26-19-12-7-6-11-18(19)22(27(20,24)25)17-9-4-3-5-10-17;/h3-7,9-12,20,23-25H,2,8,13-16H2,1H3;1H. The predicted molar refractivity (Wildman–Crippen MR) is 118 cm³/mol. The fourth-order valence-corrected chi connectivity index (χ4v) is 5.14. The Bertz CT molecular complexity index is 735. The molecule has 3 N–H and O–H groups in total. The first kappa shape index (κ1) is 22.8. The highest BCUT2D eigenvalue weighted by Gasteiger charge is 2.40. The van der Waals surface area contributed by atoms with Gasteiger partial charge in [0, 0.05) is 13.0 Å². The average molecular weight is 429 g/mol. The second-order valence-electron chi connectivity index (χ2n) is 6.51. The summed E-state index contributed by atoms with van der Waals surface area (Å²) in [6.45, 7) is 4.42. The van der Waals surface area contributed by atoms with Crippen molar-refractivity contribution in [2.45, 2.75) is 25.2 Å². The van der Waals surface area contributed by atoms with Crippen LogP contribution in [0.3, 0.4) is 0 Å². The number of anilines is 2. The third-order valence-electron chi connectivity index (χ3n) is 4.73. The number of rotatable bonds is 8. The van der Waals surface area contributed by atoms with Crippen LogP contribution in [0, 0.1) is 0 Å². The van der Waals surface area contributed by atoms with Crippen LogP contribution in [-0.2, 0) is 0 Å². The monoisotopic (exact) mass is 428 g/mol. The van der Waals surface area contributed by atoms with Crippen LogP contribution >= 0.6 is 23.2 Å². The maximum Gasteiger partial charge on any atom is 0.206 e. The van der Waals surface area contributed by atoms with Crippen molar-refractivity contribution >= 4 is 34.6 Å². The number of nitrogens with zero attached hydrogens (tertiary/aromatic N) is 2. The van der Waals surface area contributed by atoms with Gasteiger partial charge < -0.3 is 14.7 Å². The summed E-state index contributed by atoms with van der Waals surface area (Å²) in [5.74, 6) is 0.653. The predicted octanol–water partition coefficient (Wildman–Crippen LogP) is 4.73. The van der Waals surface area contributed by atoms with E-state index in [1.54, 1.807) is 4.31 Å². The van der Waals surface area contributed by atoms with Crippen molar-refractivity contribution in [1.82, 2.24) is 4.90 Å². The maximum atomic E-state index is 11.1. The molecule has 1 aliphatic rings. The molecule has 2 aromatic rings. The minimum Gasteiger partial charge on any atom is -0.467 e. The molecular formula is C20H29ClN2O4S. The molecule has 3 rings (SSSR count). The van der Waals surface area contributed by atoms with Gasteiger partial charge in [-0.15, -0.1) is 12.4 Å². The summed E-state index contributed by atoms with van der Waals surface area (Å²) < 4.78 is 29.8. The second kappa shape index (κ2) is 10.3. The summed E-state index contributed by atoms with van der Waals surface area (Å²) in [5, 5.41) is 9.12. The molecule has 0 aliphatic carbocycles. The molecular weight excluding hydrogens is 400 g/mol. The summed E-state index contributed by atoms with van der Waals surface area (Å²) in [6, 6.07) is 16.8. The zero-order valence-corrected chi connectivity index (χ0v) is 17.6. The Morgan fingerprint density at radius 1 is 1.04 bits per heavy atom. The lowest BCUT2D eigenvalue weighted by Crippen LogP contribution is -2.39. The minimum absolute atomic E-state index is 0. The lowest BCUT2D eigenvalue weighted by atomic mass is 10.2. The van der Waals surface area contributed by atoms with Crippen LogP contribution in [0.4, 0.5) is 11.4 Å². The summed E-state index contributed by atoms with van der Waals surface area (Å²) >= 11 is 0. The fourth-order valence-electron chi connectivity index (χ4n) is 3.32. The van der Waals surface area contributed by atoms with Gasteiger partial charge in [-0.1, -0.05) is 48.0 Å². The first-order chi connectivity index (χ1) is 13.1. The third-order valence-corrected chi connectivity index (χ3v) is 6.71. The lowest BCUT2D eigenvalue weighted by Gasteiger charge is -2.51. The van der Waals surface area contributed by atoms with Crippen LogP contribution in [0.5, 0.6) is 5.75 Å². The molecule has 0 saturated heterocycles. The van der Waals surface area contributed by atoms with Gasteiger partial charge in [0.2, 0.25) is 5.44 Å². The molecule has 8 heteroatoms. The van der Waals surface area contributed by atoms with Crippen LogP contribution < -0.4 is 9.04 Å². The quantitative estimate of drug-likeness (QED) is 0.564. The smallest absolute Gasteiger partial charge is 0.206 e. The maximum absolute atomic E-state index is 11.1. The summed E-state index contributed by atoms with van der Waals surface area (Å²) in [6.07, 6.45) is 1.26. The van der Waals surface area contributed by atoms with E-state index in [1.165, 1.54) is 0 Å². The Morgan fingerprint density at radius 2 is 1.71 bits per heavy atom. The first-order valence-electron chi connectivity index (χ1n) is 9.29. The molecule has 28 heavy (non-hydrogen) atoms. The first-order valence-corrected chi connectivity index (χ1v) is 10.9. The Kier molecular flexibility index (Phi) is 8.42. The molecule has 6 nitrogen and oxygen atoms in total. The van der Waals surface area contributed by atoms with Crippen LogP contribution in [-0.4, -0.2) is 50.8 Å². The Balaban J connectivity index is 0.00000280. The topological polar surface area (TPSA) is 76.4 Å². The Labute approximate surface area is 174 Å². The molecule has 1 atom stereocenters. The zero-order chi connectivity index (χ0) is 19.3. The highest BCUT2D eigenvalue weighted by molar-refractivity contribution is 8.26. The highest BCUT2D eigenvalue weighted by atomic mass is 35.5. The zero-order valence-electron chi connectivity index (χ0n) is 16.0. The normalized spacial score (nSPS) is 18.8. The van der Waals surface area contributed by atoms with E-state index in [-0.39, 0.29) is 19.0 Å². The Morgan fingerprint density at radius 3 is 2.39 bits per heavy atom. The van der Waals surface area contributed by atoms with Gasteiger partial charge >= 0.3 is 0 Å². The molecule has 156 valence electrons. The van der Waals surface area contributed by atoms with Crippen molar-refractivity contribution in [3.8, 4) is 5.75 Å². The largest absolute Gasteiger partial charge is 0.467 e. The number of halogens is 1. The Hall–Kier alpha value is -1.48. The number of para-hydroxylation sites is 3. The number of ether oxygens (including phenoxy) is 1. The van der Waals surface area contributed by atoms with Gasteiger partial charge in [0.05, 0.1) is 12.3 Å². The molecule has 0 bridgehead atoms. The van der Waals surface area contributed by atoms with E-state index in [4.69, 9.17) is 9.84 Å². The van der Waals surface area contributed by atoms with Crippen LogP contribution in [0.2, 0.25) is 0 Å². The number of aliphatic hydroxyl groups is 1. The lowest BCUT2D eigenvalue weighted by molar-refractivity contribution is 0.187. The summed E-state index contributed by atoms with van der Waals surface area (Å²) in [7, 11) is -3.20. The molecule has 0 aromatic heterocycles. The minimum atomic E-state index is -3.20. The van der Waals surface area contributed by atoms with E-state index in [0.29, 0.717) is 24.4 Å². The number of likely N-dealkylation sites (N-methyl/N-ethyl adjacent to an activating group) is 1. The molecule has 0 spiro atoms. The van der Waals surface area contributed by atoms with Gasteiger partial charge in [0.15, 0.2) is 0 Å². The number of hydrogen-bond acceptors (Lipinski definition) is 6. The van der Waals surface area contributed by atoms with Gasteiger partial charge in [-0.25, -0.2) is 4.31 Å². The third kappa shape index (κ3) is 4.92. The van der Waals surface area contributed by atoms with Crippen LogP contribution in [0.1, 0.15) is 19.8 Å². The molecule has 2 aromatic carbocycles. The molecule has 0 saturated carbocycles. The van der Waals surface area contributed by atoms with E-state index in [0.717, 1.165) is 25.2 Å². The highest BCUT2D eigenvalue weighted by Crippen LogP contribution is 2.61. The second-order valence-corrected chi connectivity index (χ2v) is 8.52. The number of benzene rings is 2. The molecule has 1 unspecified atom stereocenters. The van der Waals surface area contributed by atoms with E-state index < -0.39 is 16.2 Å². The molecule has 0 radical (unpaired) electrons. The van der Waals surface area contributed by atoms with E-state index >= 15 is 0 Å². The van der Waals surface area contributed by atoms with Crippen LogP contribution in [0.25, 0.3) is 0 Å². The summed E-state index contributed by atoms with van der Waals surface area (Å²) in [4.78, 5) is 2.14. The fraction of sp³-hybridized carbons (Fsp3) is 0.400. The number of aliphatic hydroxyl groups excluding tert-OH is 1. The summed E-state index contributed by atoms with van der Waals surface area (Å²) in [5.41, 5.74) is 0.685. The van der Waals surface area contributed by atoms with Gasteiger partial charge in [-0.2, -0.15) is 0 Å². The van der Waals surface area contributed by atoms with Gasteiger partial charge in [0.25, 0.3) is 0 Å². The van der Waals surface area contributed by atoms with Crippen molar-refractivity contribution in [2.75, 3.05) is 30.5 Å².